The van der Waals surface area contributed by atoms with Crippen LogP contribution in [0.5, 0.6) is 0 Å². The van der Waals surface area contributed by atoms with E-state index in [9.17, 15) is 14.4 Å². The van der Waals surface area contributed by atoms with E-state index in [1.165, 1.54) is 4.90 Å². The maximum atomic E-state index is 14.5. The zero-order valence-electron chi connectivity index (χ0n) is 19.7. The quantitative estimate of drug-likeness (QED) is 0.334. The van der Waals surface area contributed by atoms with Crippen molar-refractivity contribution in [3.05, 3.63) is 99.0 Å². The number of nitrogens with zero attached hydrogens (tertiary/aromatic N) is 4. The standard InChI is InChI=1S/C29H21BrN4O3/c30-18-10-3-6-13-21(18)33-26(36)23-22-14-7-15-32(22)29(24(23)27(33)37)17-9-2-5-12-20(17)34-25(35)16-8-1-4-11-19(16)31-28(29)34/h1-6,8-13,22-24H,7,14-15H2/t22-,23-,24+,29+/m0/s1. The first-order valence-electron chi connectivity index (χ1n) is 12.6. The topological polar surface area (TPSA) is 75.5 Å². The van der Waals surface area contributed by atoms with Gasteiger partial charge >= 0.3 is 0 Å². The molecule has 0 unspecified atom stereocenters. The SMILES string of the molecule is O=C1[C@H]2[C@@H]3CCCN3[C@]3(c4ccccc4-n4c3nc3ccccc3c4=O)[C@H]2C(=O)N1c1ccccc1Br. The van der Waals surface area contributed by atoms with E-state index >= 15 is 0 Å². The van der Waals surface area contributed by atoms with Crippen molar-refractivity contribution in [2.45, 2.75) is 24.4 Å². The van der Waals surface area contributed by atoms with Crippen LogP contribution < -0.4 is 10.5 Å². The van der Waals surface area contributed by atoms with Crippen molar-refractivity contribution >= 4 is 44.3 Å². The summed E-state index contributed by atoms with van der Waals surface area (Å²) in [4.78, 5) is 51.2. The summed E-state index contributed by atoms with van der Waals surface area (Å²) in [5.41, 5.74) is 1.64. The van der Waals surface area contributed by atoms with Gasteiger partial charge in [-0.25, -0.2) is 9.88 Å². The van der Waals surface area contributed by atoms with Gasteiger partial charge < -0.3 is 0 Å². The Balaban J connectivity index is 1.46. The summed E-state index contributed by atoms with van der Waals surface area (Å²) in [5, 5.41) is 0.536. The maximum Gasteiger partial charge on any atom is 0.266 e. The number of anilines is 1. The number of halogens is 1. The molecule has 1 spiro atoms. The number of amides is 2. The second kappa shape index (κ2) is 7.24. The van der Waals surface area contributed by atoms with E-state index in [0.717, 1.165) is 30.6 Å². The van der Waals surface area contributed by atoms with Crippen LogP contribution in [0.1, 0.15) is 24.2 Å². The lowest BCUT2D eigenvalue weighted by atomic mass is 9.75. The summed E-state index contributed by atoms with van der Waals surface area (Å²) in [7, 11) is 0. The van der Waals surface area contributed by atoms with Crippen LogP contribution in [0.15, 0.2) is 82.1 Å². The van der Waals surface area contributed by atoms with E-state index in [1.807, 2.05) is 60.7 Å². The lowest BCUT2D eigenvalue weighted by Gasteiger charge is -2.38. The van der Waals surface area contributed by atoms with E-state index in [-0.39, 0.29) is 23.4 Å². The van der Waals surface area contributed by atoms with E-state index in [2.05, 4.69) is 20.8 Å². The maximum absolute atomic E-state index is 14.5. The molecular formula is C29H21BrN4O3. The Hall–Kier alpha value is -3.62. The number of aromatic nitrogens is 2. The molecule has 8 rings (SSSR count). The van der Waals surface area contributed by atoms with E-state index in [1.54, 1.807) is 16.7 Å². The second-order valence-corrected chi connectivity index (χ2v) is 11.1. The highest BCUT2D eigenvalue weighted by molar-refractivity contribution is 9.10. The zero-order valence-corrected chi connectivity index (χ0v) is 21.3. The molecule has 7 nitrogen and oxygen atoms in total. The van der Waals surface area contributed by atoms with Crippen molar-refractivity contribution in [1.29, 1.82) is 0 Å². The summed E-state index contributed by atoms with van der Waals surface area (Å²) in [6, 6.07) is 22.4. The molecule has 1 aromatic heterocycles. The molecule has 3 fully saturated rings. The number of rotatable bonds is 1. The molecule has 3 saturated heterocycles. The molecule has 0 radical (unpaired) electrons. The van der Waals surface area contributed by atoms with Gasteiger partial charge in [-0.2, -0.15) is 0 Å². The second-order valence-electron chi connectivity index (χ2n) is 10.2. The number of hydrogen-bond acceptors (Lipinski definition) is 5. The van der Waals surface area contributed by atoms with Gasteiger partial charge in [0, 0.05) is 16.1 Å². The predicted octanol–water partition coefficient (Wildman–Crippen LogP) is 3.99. The Labute approximate surface area is 220 Å². The Bertz CT molecular complexity index is 1750. The van der Waals surface area contributed by atoms with Gasteiger partial charge in [-0.05, 0) is 65.6 Å². The van der Waals surface area contributed by atoms with Crippen LogP contribution in [0.3, 0.4) is 0 Å². The van der Waals surface area contributed by atoms with Gasteiger partial charge in [0.2, 0.25) is 11.8 Å². The Morgan fingerprint density at radius 1 is 0.865 bits per heavy atom. The third kappa shape index (κ3) is 2.41. The van der Waals surface area contributed by atoms with Gasteiger partial charge in [-0.15, -0.1) is 0 Å². The lowest BCUT2D eigenvalue weighted by Crippen LogP contribution is -2.51. The third-order valence-electron chi connectivity index (χ3n) is 8.73. The number of imide groups is 1. The van der Waals surface area contributed by atoms with Gasteiger partial charge in [0.25, 0.3) is 5.56 Å². The molecule has 182 valence electrons. The molecule has 4 atom stereocenters. The van der Waals surface area contributed by atoms with E-state index in [0.29, 0.717) is 26.9 Å². The summed E-state index contributed by atoms with van der Waals surface area (Å²) < 4.78 is 2.38. The molecule has 37 heavy (non-hydrogen) atoms. The van der Waals surface area contributed by atoms with Gasteiger partial charge in [-0.3, -0.25) is 23.9 Å². The van der Waals surface area contributed by atoms with Gasteiger partial charge in [0.05, 0.1) is 34.1 Å². The number of fused-ring (bicyclic) bond motifs is 11. The van der Waals surface area contributed by atoms with Crippen LogP contribution >= 0.6 is 15.9 Å². The molecule has 5 heterocycles. The first-order valence-corrected chi connectivity index (χ1v) is 13.4. The van der Waals surface area contributed by atoms with Crippen LogP contribution in [-0.2, 0) is 15.1 Å². The lowest BCUT2D eigenvalue weighted by molar-refractivity contribution is -0.124. The predicted molar refractivity (Wildman–Crippen MR) is 141 cm³/mol. The monoisotopic (exact) mass is 552 g/mol. The summed E-state index contributed by atoms with van der Waals surface area (Å²) in [5.74, 6) is -1.05. The number of hydrogen-bond donors (Lipinski definition) is 0. The van der Waals surface area contributed by atoms with Crippen molar-refractivity contribution in [2.24, 2.45) is 11.8 Å². The highest BCUT2D eigenvalue weighted by Gasteiger charge is 2.73. The largest absolute Gasteiger partial charge is 0.283 e. The fourth-order valence-corrected chi connectivity index (χ4v) is 7.95. The molecule has 0 saturated carbocycles. The summed E-state index contributed by atoms with van der Waals surface area (Å²) in [6.07, 6.45) is 1.75. The van der Waals surface area contributed by atoms with Crippen molar-refractivity contribution in [3.63, 3.8) is 0 Å². The normalized spacial score (nSPS) is 27.7. The number of benzene rings is 3. The molecule has 4 aliphatic rings. The first kappa shape index (κ1) is 21.5. The van der Waals surface area contributed by atoms with Crippen molar-refractivity contribution in [3.8, 4) is 5.69 Å². The molecule has 0 N–H and O–H groups in total. The number of para-hydroxylation sites is 3. The van der Waals surface area contributed by atoms with Gasteiger partial charge in [0.15, 0.2) is 0 Å². The molecule has 4 aromatic rings. The zero-order chi connectivity index (χ0) is 25.1. The van der Waals surface area contributed by atoms with Crippen LogP contribution in [0.25, 0.3) is 16.6 Å². The van der Waals surface area contributed by atoms with E-state index in [4.69, 9.17) is 4.98 Å². The molecule has 3 aromatic carbocycles. The first-order chi connectivity index (χ1) is 18.0. The van der Waals surface area contributed by atoms with Crippen LogP contribution in [0.4, 0.5) is 5.69 Å². The highest BCUT2D eigenvalue weighted by Crippen LogP contribution is 2.62. The molecule has 8 heteroatoms. The summed E-state index contributed by atoms with van der Waals surface area (Å²) in [6.45, 7) is 0.740. The molecule has 4 aliphatic heterocycles. The minimum Gasteiger partial charge on any atom is -0.283 e. The average molecular weight is 553 g/mol. The summed E-state index contributed by atoms with van der Waals surface area (Å²) >= 11 is 3.55. The van der Waals surface area contributed by atoms with Crippen LogP contribution in [0.2, 0.25) is 0 Å². The minimum absolute atomic E-state index is 0.100. The van der Waals surface area contributed by atoms with Gasteiger partial charge in [0.1, 0.15) is 11.4 Å². The molecule has 2 amide bonds. The number of carbonyl (C=O) groups excluding carboxylic acids is 2. The molecular weight excluding hydrogens is 532 g/mol. The Kier molecular flexibility index (Phi) is 4.20. The number of carbonyl (C=O) groups is 2. The van der Waals surface area contributed by atoms with Crippen molar-refractivity contribution < 1.29 is 9.59 Å². The van der Waals surface area contributed by atoms with Crippen LogP contribution in [0, 0.1) is 11.8 Å². The minimum atomic E-state index is -0.992. The van der Waals surface area contributed by atoms with Crippen molar-refractivity contribution in [1.82, 2.24) is 14.5 Å². The average Bonchev–Trinajstić information content (AvgIpc) is 3.62. The molecule has 0 bridgehead atoms. The Morgan fingerprint density at radius 3 is 2.43 bits per heavy atom. The fraction of sp³-hybridized carbons (Fsp3) is 0.241. The molecule has 0 aliphatic carbocycles. The smallest absolute Gasteiger partial charge is 0.266 e. The Morgan fingerprint density at radius 2 is 1.59 bits per heavy atom. The van der Waals surface area contributed by atoms with E-state index < -0.39 is 17.4 Å². The highest BCUT2D eigenvalue weighted by atomic mass is 79.9. The fourth-order valence-electron chi connectivity index (χ4n) is 7.48. The third-order valence-corrected chi connectivity index (χ3v) is 9.40. The van der Waals surface area contributed by atoms with Crippen LogP contribution in [-0.4, -0.2) is 38.9 Å². The van der Waals surface area contributed by atoms with Gasteiger partial charge in [-0.1, -0.05) is 42.5 Å². The van der Waals surface area contributed by atoms with Crippen molar-refractivity contribution in [2.75, 3.05) is 11.4 Å².